The van der Waals surface area contributed by atoms with E-state index in [1.54, 1.807) is 17.5 Å². The van der Waals surface area contributed by atoms with E-state index in [0.717, 1.165) is 31.6 Å². The maximum Gasteiger partial charge on any atom is 0.227 e. The Morgan fingerprint density at radius 1 is 1.27 bits per heavy atom. The highest BCUT2D eigenvalue weighted by atomic mass is 32.1. The maximum atomic E-state index is 13.0. The molecule has 26 heavy (non-hydrogen) atoms. The Hall–Kier alpha value is -2.21. The van der Waals surface area contributed by atoms with Gasteiger partial charge in [0.1, 0.15) is 0 Å². The third kappa shape index (κ3) is 3.65. The molecule has 0 bridgehead atoms. The number of aromatic nitrogens is 1. The summed E-state index contributed by atoms with van der Waals surface area (Å²) >= 11 is 1.78. The smallest absolute Gasteiger partial charge is 0.227 e. The molecule has 1 fully saturated rings. The minimum Gasteiger partial charge on any atom is -0.342 e. The zero-order valence-electron chi connectivity index (χ0n) is 14.8. The second-order valence-electron chi connectivity index (χ2n) is 7.03. The maximum absolute atomic E-state index is 13.0. The molecular formula is C20H23N3O2S. The fourth-order valence-corrected chi connectivity index (χ4v) is 4.71. The van der Waals surface area contributed by atoms with Crippen molar-refractivity contribution in [2.75, 3.05) is 19.6 Å². The van der Waals surface area contributed by atoms with Crippen LogP contribution in [0.4, 0.5) is 0 Å². The number of hydrogen-bond acceptors (Lipinski definition) is 4. The highest BCUT2D eigenvalue weighted by Crippen LogP contribution is 2.27. The predicted molar refractivity (Wildman–Crippen MR) is 101 cm³/mol. The Labute approximate surface area is 157 Å². The first-order valence-electron chi connectivity index (χ1n) is 9.22. The van der Waals surface area contributed by atoms with Gasteiger partial charge in [0.2, 0.25) is 11.8 Å². The first-order chi connectivity index (χ1) is 12.7. The van der Waals surface area contributed by atoms with Crippen molar-refractivity contribution in [1.82, 2.24) is 14.8 Å². The summed E-state index contributed by atoms with van der Waals surface area (Å²) in [6.45, 7) is 2.69. The summed E-state index contributed by atoms with van der Waals surface area (Å²) in [5.74, 6) is 0.289. The van der Waals surface area contributed by atoms with E-state index in [1.165, 1.54) is 10.4 Å². The number of piperidine rings is 1. The van der Waals surface area contributed by atoms with Gasteiger partial charge in [-0.25, -0.2) is 0 Å². The van der Waals surface area contributed by atoms with Crippen LogP contribution in [0.5, 0.6) is 0 Å². The van der Waals surface area contributed by atoms with Crippen LogP contribution in [0.1, 0.15) is 29.0 Å². The molecule has 1 atom stereocenters. The Morgan fingerprint density at radius 2 is 2.19 bits per heavy atom. The number of carbonyl (C=O) groups is 2. The van der Waals surface area contributed by atoms with Crippen LogP contribution in [-0.4, -0.2) is 46.2 Å². The van der Waals surface area contributed by atoms with Crippen LogP contribution in [0.15, 0.2) is 35.8 Å². The van der Waals surface area contributed by atoms with E-state index in [-0.39, 0.29) is 17.7 Å². The predicted octanol–water partition coefficient (Wildman–Crippen LogP) is 2.51. The van der Waals surface area contributed by atoms with E-state index in [1.807, 2.05) is 28.0 Å². The Balaban J connectivity index is 1.36. The molecule has 5 nitrogen and oxygen atoms in total. The van der Waals surface area contributed by atoms with Crippen molar-refractivity contribution in [2.24, 2.45) is 5.92 Å². The van der Waals surface area contributed by atoms with Gasteiger partial charge in [0.05, 0.1) is 5.92 Å². The average Bonchev–Trinajstić information content (AvgIpc) is 3.15. The Morgan fingerprint density at radius 3 is 3.04 bits per heavy atom. The fraction of sp³-hybridized carbons (Fsp3) is 0.450. The van der Waals surface area contributed by atoms with Crippen molar-refractivity contribution < 1.29 is 9.59 Å². The SMILES string of the molecule is O=C1CCC(C(=O)N2CCc3sccc3C2)CN1CCc1ccccn1. The van der Waals surface area contributed by atoms with E-state index < -0.39 is 0 Å². The summed E-state index contributed by atoms with van der Waals surface area (Å²) in [4.78, 5) is 34.8. The van der Waals surface area contributed by atoms with E-state index in [2.05, 4.69) is 16.4 Å². The van der Waals surface area contributed by atoms with Gasteiger partial charge in [-0.15, -0.1) is 11.3 Å². The molecule has 1 saturated heterocycles. The van der Waals surface area contributed by atoms with Crippen molar-refractivity contribution in [3.05, 3.63) is 52.0 Å². The lowest BCUT2D eigenvalue weighted by Crippen LogP contribution is -2.48. The van der Waals surface area contributed by atoms with Crippen LogP contribution in [-0.2, 0) is 29.0 Å². The van der Waals surface area contributed by atoms with Gasteiger partial charge in [-0.05, 0) is 42.0 Å². The molecule has 0 radical (unpaired) electrons. The number of pyridine rings is 1. The van der Waals surface area contributed by atoms with Crippen molar-refractivity contribution in [3.8, 4) is 0 Å². The average molecular weight is 369 g/mol. The molecule has 0 spiro atoms. The summed E-state index contributed by atoms with van der Waals surface area (Å²) in [7, 11) is 0. The number of likely N-dealkylation sites (tertiary alicyclic amines) is 1. The van der Waals surface area contributed by atoms with Crippen LogP contribution in [0.25, 0.3) is 0 Å². The lowest BCUT2D eigenvalue weighted by atomic mass is 9.94. The summed E-state index contributed by atoms with van der Waals surface area (Å²) in [5, 5.41) is 2.11. The highest BCUT2D eigenvalue weighted by Gasteiger charge is 2.33. The second-order valence-corrected chi connectivity index (χ2v) is 8.03. The van der Waals surface area contributed by atoms with Crippen LogP contribution >= 0.6 is 11.3 Å². The van der Waals surface area contributed by atoms with E-state index in [0.29, 0.717) is 25.9 Å². The number of hydrogen-bond donors (Lipinski definition) is 0. The van der Waals surface area contributed by atoms with Crippen molar-refractivity contribution in [3.63, 3.8) is 0 Å². The molecule has 136 valence electrons. The van der Waals surface area contributed by atoms with Gasteiger partial charge in [-0.3, -0.25) is 14.6 Å². The van der Waals surface area contributed by atoms with E-state index >= 15 is 0 Å². The van der Waals surface area contributed by atoms with E-state index in [4.69, 9.17) is 0 Å². The Bertz CT molecular complexity index is 789. The molecule has 1 unspecified atom stereocenters. The molecule has 2 aliphatic rings. The fourth-order valence-electron chi connectivity index (χ4n) is 3.82. The third-order valence-corrected chi connectivity index (χ3v) is 6.36. The molecule has 2 aromatic rings. The van der Waals surface area contributed by atoms with Crippen LogP contribution < -0.4 is 0 Å². The number of fused-ring (bicyclic) bond motifs is 1. The molecule has 0 aliphatic carbocycles. The number of nitrogens with zero attached hydrogens (tertiary/aromatic N) is 3. The molecular weight excluding hydrogens is 346 g/mol. The number of amides is 2. The van der Waals surface area contributed by atoms with Gasteiger partial charge >= 0.3 is 0 Å². The number of thiophene rings is 1. The quantitative estimate of drug-likeness (QED) is 0.832. The second kappa shape index (κ2) is 7.58. The van der Waals surface area contributed by atoms with Crippen molar-refractivity contribution in [1.29, 1.82) is 0 Å². The summed E-state index contributed by atoms with van der Waals surface area (Å²) in [5.41, 5.74) is 2.27. The Kier molecular flexibility index (Phi) is 5.02. The van der Waals surface area contributed by atoms with Crippen molar-refractivity contribution >= 4 is 23.2 Å². The lowest BCUT2D eigenvalue weighted by Gasteiger charge is -2.36. The molecule has 2 amide bonds. The van der Waals surface area contributed by atoms with Crippen molar-refractivity contribution in [2.45, 2.75) is 32.2 Å². The lowest BCUT2D eigenvalue weighted by molar-refractivity contribution is -0.143. The minimum atomic E-state index is -0.0726. The summed E-state index contributed by atoms with van der Waals surface area (Å²) in [6, 6.07) is 7.95. The van der Waals surface area contributed by atoms with Gasteiger partial charge < -0.3 is 9.80 Å². The first kappa shape index (κ1) is 17.2. The molecule has 4 heterocycles. The van der Waals surface area contributed by atoms with Gasteiger partial charge in [-0.2, -0.15) is 0 Å². The molecule has 0 aromatic carbocycles. The van der Waals surface area contributed by atoms with E-state index in [9.17, 15) is 9.59 Å². The summed E-state index contributed by atoms with van der Waals surface area (Å²) in [6.07, 6.45) is 4.60. The third-order valence-electron chi connectivity index (χ3n) is 5.33. The number of carbonyl (C=O) groups excluding carboxylic acids is 2. The molecule has 2 aromatic heterocycles. The van der Waals surface area contributed by atoms with Crippen LogP contribution in [0.2, 0.25) is 0 Å². The van der Waals surface area contributed by atoms with Crippen LogP contribution in [0.3, 0.4) is 0 Å². The summed E-state index contributed by atoms with van der Waals surface area (Å²) < 4.78 is 0. The van der Waals surface area contributed by atoms with Gasteiger partial charge in [0, 0.05) is 55.8 Å². The topological polar surface area (TPSA) is 53.5 Å². The molecule has 6 heteroatoms. The number of rotatable bonds is 4. The molecule has 0 saturated carbocycles. The molecule has 0 N–H and O–H groups in total. The highest BCUT2D eigenvalue weighted by molar-refractivity contribution is 7.10. The minimum absolute atomic E-state index is 0.0726. The van der Waals surface area contributed by atoms with Gasteiger partial charge in [0.15, 0.2) is 0 Å². The standard InChI is InChI=1S/C20H23N3O2S/c24-19-5-4-16(14-22(19)10-6-17-3-1-2-9-21-17)20(25)23-11-7-18-15(13-23)8-12-26-18/h1-3,8-9,12,16H,4-7,10-11,13-14H2. The van der Waals surface area contributed by atoms with Gasteiger partial charge in [-0.1, -0.05) is 6.07 Å². The zero-order chi connectivity index (χ0) is 17.9. The van der Waals surface area contributed by atoms with Gasteiger partial charge in [0.25, 0.3) is 0 Å². The zero-order valence-corrected chi connectivity index (χ0v) is 15.6. The normalized spacial score (nSPS) is 20.2. The monoisotopic (exact) mass is 369 g/mol. The first-order valence-corrected chi connectivity index (χ1v) is 10.1. The molecule has 4 rings (SSSR count). The largest absolute Gasteiger partial charge is 0.342 e. The van der Waals surface area contributed by atoms with Crippen LogP contribution in [0, 0.1) is 5.92 Å². The molecule has 2 aliphatic heterocycles.